The average molecular weight is 535 g/mol. The second-order valence-corrected chi connectivity index (χ2v) is 8.88. The molecule has 0 aliphatic rings. The lowest BCUT2D eigenvalue weighted by molar-refractivity contribution is 0.0825. The maximum Gasteiger partial charge on any atom is 0.407 e. The highest BCUT2D eigenvalue weighted by atomic mass is 16.6. The fraction of sp³-hybridized carbons (Fsp3) is 0.286. The van der Waals surface area contributed by atoms with Crippen molar-refractivity contribution < 1.29 is 33.2 Å². The molecular formula is C28H30N4O7. The fourth-order valence-corrected chi connectivity index (χ4v) is 4.01. The zero-order chi connectivity index (χ0) is 27.3. The number of rotatable bonds is 13. The molecular weight excluding hydrogens is 504 g/mol. The van der Waals surface area contributed by atoms with Crippen LogP contribution < -0.4 is 10.6 Å². The van der Waals surface area contributed by atoms with E-state index >= 15 is 0 Å². The lowest BCUT2D eigenvalue weighted by Crippen LogP contribution is -2.48. The molecule has 2 amide bonds. The number of hydrogen-bond donors (Lipinski definition) is 3. The minimum Gasteiger partial charge on any atom is -0.441 e. The molecule has 0 bridgehead atoms. The highest BCUT2D eigenvalue weighted by Crippen LogP contribution is 2.15. The second-order valence-electron chi connectivity index (χ2n) is 8.88. The van der Waals surface area contributed by atoms with Crippen molar-refractivity contribution in [2.45, 2.75) is 50.7 Å². The van der Waals surface area contributed by atoms with E-state index in [1.54, 1.807) is 12.1 Å². The summed E-state index contributed by atoms with van der Waals surface area (Å²) in [7, 11) is 0. The molecule has 3 N–H and O–H groups in total. The number of amides is 2. The van der Waals surface area contributed by atoms with E-state index < -0.39 is 30.4 Å². The van der Waals surface area contributed by atoms with Gasteiger partial charge in [-0.25, -0.2) is 9.59 Å². The van der Waals surface area contributed by atoms with E-state index in [4.69, 9.17) is 18.5 Å². The number of ether oxygens (including phenoxy) is 2. The lowest BCUT2D eigenvalue weighted by Gasteiger charge is -2.28. The summed E-state index contributed by atoms with van der Waals surface area (Å²) in [4.78, 5) is 25.2. The van der Waals surface area contributed by atoms with Crippen LogP contribution in [0.5, 0.6) is 0 Å². The summed E-state index contributed by atoms with van der Waals surface area (Å²) in [6, 6.07) is 21.0. The molecule has 4 rings (SSSR count). The van der Waals surface area contributed by atoms with Gasteiger partial charge in [-0.3, -0.25) is 0 Å². The number of hydrogen-bond acceptors (Lipinski definition) is 9. The zero-order valence-corrected chi connectivity index (χ0v) is 21.1. The van der Waals surface area contributed by atoms with Crippen LogP contribution in [0.15, 0.2) is 94.2 Å². The number of aliphatic hydroxyl groups excluding tert-OH is 1. The molecule has 2 heterocycles. The maximum absolute atomic E-state index is 12.6. The Morgan fingerprint density at radius 3 is 1.77 bits per heavy atom. The van der Waals surface area contributed by atoms with Gasteiger partial charge in [-0.2, -0.15) is 0 Å². The van der Waals surface area contributed by atoms with Gasteiger partial charge in [-0.1, -0.05) is 71.0 Å². The Labute approximate surface area is 225 Å². The number of benzene rings is 2. The molecule has 4 aromatic rings. The molecule has 11 heteroatoms. The molecule has 0 saturated heterocycles. The predicted molar refractivity (Wildman–Crippen MR) is 138 cm³/mol. The Morgan fingerprint density at radius 2 is 1.26 bits per heavy atom. The van der Waals surface area contributed by atoms with E-state index in [0.717, 1.165) is 11.1 Å². The smallest absolute Gasteiger partial charge is 0.407 e. The van der Waals surface area contributed by atoms with Crippen molar-refractivity contribution in [1.82, 2.24) is 20.9 Å². The minimum absolute atomic E-state index is 0.0817. The van der Waals surface area contributed by atoms with Crippen LogP contribution in [0.25, 0.3) is 0 Å². The molecule has 3 atom stereocenters. The van der Waals surface area contributed by atoms with Gasteiger partial charge in [0.05, 0.1) is 24.5 Å². The van der Waals surface area contributed by atoms with Gasteiger partial charge >= 0.3 is 12.2 Å². The van der Waals surface area contributed by atoms with Crippen LogP contribution in [0.3, 0.4) is 0 Å². The molecule has 0 spiro atoms. The van der Waals surface area contributed by atoms with Crippen molar-refractivity contribution in [3.63, 3.8) is 0 Å². The molecule has 2 aromatic heterocycles. The van der Waals surface area contributed by atoms with E-state index in [9.17, 15) is 14.7 Å². The summed E-state index contributed by atoms with van der Waals surface area (Å²) in [6.45, 7) is -0.184. The highest BCUT2D eigenvalue weighted by molar-refractivity contribution is 5.68. The molecule has 39 heavy (non-hydrogen) atoms. The van der Waals surface area contributed by atoms with Crippen LogP contribution in [0.4, 0.5) is 9.59 Å². The number of alkyl carbamates (subject to hydrolysis) is 2. The first-order valence-corrected chi connectivity index (χ1v) is 12.5. The summed E-state index contributed by atoms with van der Waals surface area (Å²) in [5.41, 5.74) is 1.88. The summed E-state index contributed by atoms with van der Waals surface area (Å²) < 4.78 is 20.4. The second kappa shape index (κ2) is 14.3. The third-order valence-electron chi connectivity index (χ3n) is 5.91. The number of carbonyl (C=O) groups is 2. The monoisotopic (exact) mass is 534 g/mol. The SMILES string of the molecule is O=C(NC(Cc1ccccc1)C[C@H](O)[C@H](Cc1ccccc1)NC(=O)OCc1ccno1)OCc1ccno1. The molecule has 1 unspecified atom stereocenters. The van der Waals surface area contributed by atoms with E-state index in [2.05, 4.69) is 20.9 Å². The minimum atomic E-state index is -1.04. The molecule has 0 saturated carbocycles. The molecule has 0 aliphatic carbocycles. The number of aliphatic hydroxyl groups is 1. The first-order chi connectivity index (χ1) is 19.0. The summed E-state index contributed by atoms with van der Waals surface area (Å²) in [6.07, 6.45) is 1.40. The molecule has 2 aromatic carbocycles. The molecule has 0 radical (unpaired) electrons. The van der Waals surface area contributed by atoms with Crippen molar-refractivity contribution in [1.29, 1.82) is 0 Å². The Morgan fingerprint density at radius 1 is 0.744 bits per heavy atom. The van der Waals surface area contributed by atoms with Crippen molar-refractivity contribution in [3.8, 4) is 0 Å². The number of nitrogens with one attached hydrogen (secondary N) is 2. The van der Waals surface area contributed by atoms with Crippen molar-refractivity contribution in [2.24, 2.45) is 0 Å². The largest absolute Gasteiger partial charge is 0.441 e. The topological polar surface area (TPSA) is 149 Å². The Balaban J connectivity index is 1.42. The Kier molecular flexibility index (Phi) is 10.1. The van der Waals surface area contributed by atoms with Crippen LogP contribution in [0.2, 0.25) is 0 Å². The van der Waals surface area contributed by atoms with Crippen molar-refractivity contribution in [3.05, 3.63) is 108 Å². The van der Waals surface area contributed by atoms with Crippen LogP contribution >= 0.6 is 0 Å². The lowest BCUT2D eigenvalue weighted by atomic mass is 9.94. The summed E-state index contributed by atoms with van der Waals surface area (Å²) in [5.74, 6) is 0.794. The van der Waals surface area contributed by atoms with Crippen molar-refractivity contribution in [2.75, 3.05) is 0 Å². The quantitative estimate of drug-likeness (QED) is 0.233. The highest BCUT2D eigenvalue weighted by Gasteiger charge is 2.27. The Bertz CT molecular complexity index is 1250. The first kappa shape index (κ1) is 27.4. The fourth-order valence-electron chi connectivity index (χ4n) is 4.01. The van der Waals surface area contributed by atoms with Crippen LogP contribution in [-0.2, 0) is 35.5 Å². The molecule has 0 aliphatic heterocycles. The van der Waals surface area contributed by atoms with Gasteiger partial charge in [0.15, 0.2) is 24.7 Å². The summed E-state index contributed by atoms with van der Waals surface area (Å²) >= 11 is 0. The zero-order valence-electron chi connectivity index (χ0n) is 21.1. The Hall–Kier alpha value is -4.64. The van der Waals surface area contributed by atoms with Crippen molar-refractivity contribution >= 4 is 12.2 Å². The molecule has 0 fully saturated rings. The van der Waals surface area contributed by atoms with E-state index in [0.29, 0.717) is 24.4 Å². The average Bonchev–Trinajstić information content (AvgIpc) is 3.66. The van der Waals surface area contributed by atoms with E-state index in [1.807, 2.05) is 60.7 Å². The normalized spacial score (nSPS) is 13.2. The maximum atomic E-state index is 12.6. The van der Waals surface area contributed by atoms with E-state index in [-0.39, 0.29) is 19.6 Å². The predicted octanol–water partition coefficient (Wildman–Crippen LogP) is 3.79. The van der Waals surface area contributed by atoms with Gasteiger partial charge in [0.2, 0.25) is 0 Å². The van der Waals surface area contributed by atoms with Crippen LogP contribution in [0.1, 0.15) is 29.1 Å². The number of aromatic nitrogens is 2. The third kappa shape index (κ3) is 9.31. The number of carbonyl (C=O) groups excluding carboxylic acids is 2. The van der Waals surface area contributed by atoms with Gasteiger partial charge in [0.1, 0.15) is 0 Å². The number of nitrogens with zero attached hydrogens (tertiary/aromatic N) is 2. The molecule has 11 nitrogen and oxygen atoms in total. The van der Waals surface area contributed by atoms with E-state index in [1.165, 1.54) is 12.4 Å². The molecule has 204 valence electrons. The van der Waals surface area contributed by atoms with Gasteiger partial charge in [0.25, 0.3) is 0 Å². The van der Waals surface area contributed by atoms with Crippen LogP contribution in [0, 0.1) is 0 Å². The van der Waals surface area contributed by atoms with Gasteiger partial charge in [-0.05, 0) is 30.4 Å². The van der Waals surface area contributed by atoms with Gasteiger partial charge in [-0.15, -0.1) is 0 Å². The first-order valence-electron chi connectivity index (χ1n) is 12.5. The van der Waals surface area contributed by atoms with Gasteiger partial charge < -0.3 is 34.3 Å². The van der Waals surface area contributed by atoms with Gasteiger partial charge in [0, 0.05) is 18.2 Å². The third-order valence-corrected chi connectivity index (χ3v) is 5.91. The van der Waals surface area contributed by atoms with Crippen LogP contribution in [-0.4, -0.2) is 45.8 Å². The summed E-state index contributed by atoms with van der Waals surface area (Å²) in [5, 5.41) is 24.1. The standard InChI is InChI=1S/C28H30N4O7/c33-26(25(16-21-9-5-2-6-10-21)32-28(35)37-19-24-12-14-30-39-24)17-22(15-20-7-3-1-4-8-20)31-27(34)36-18-23-11-13-29-38-23/h1-14,22,25-26,33H,15-19H2,(H,31,34)(H,32,35)/t22?,25-,26-/m0/s1.